The van der Waals surface area contributed by atoms with E-state index in [1.54, 1.807) is 91.0 Å². The van der Waals surface area contributed by atoms with Crippen LogP contribution in [0.5, 0.6) is 11.5 Å². The standard InChI is InChI=1S/C36H27Cl2N3O4S/c37-31-15-8-16-32(38)30(31)22-33(41-35(43)24-9-3-1-4-10-24)36(44)40-26-11-7-14-29(21-26)46-23-34(42)39-25-17-19-28(20-18-25)45-27-12-5-2-6-13-27/h1-22H,23H2,(H,39,42)(H,40,44)(H,41,43)/b33-22+. The van der Waals surface area contributed by atoms with E-state index >= 15 is 0 Å². The van der Waals surface area contributed by atoms with Crippen molar-refractivity contribution in [2.75, 3.05) is 16.4 Å². The van der Waals surface area contributed by atoms with E-state index in [1.165, 1.54) is 17.8 Å². The van der Waals surface area contributed by atoms with Gasteiger partial charge in [-0.05, 0) is 84.9 Å². The van der Waals surface area contributed by atoms with Crippen molar-refractivity contribution < 1.29 is 19.1 Å². The summed E-state index contributed by atoms with van der Waals surface area (Å²) < 4.78 is 5.79. The Kier molecular flexibility index (Phi) is 11.1. The molecule has 0 bridgehead atoms. The quantitative estimate of drug-likeness (QED) is 0.0965. The summed E-state index contributed by atoms with van der Waals surface area (Å²) in [5.74, 6) is 0.275. The van der Waals surface area contributed by atoms with Gasteiger partial charge in [-0.15, -0.1) is 11.8 Å². The Balaban J connectivity index is 1.22. The average Bonchev–Trinajstić information content (AvgIpc) is 3.07. The van der Waals surface area contributed by atoms with Gasteiger partial charge >= 0.3 is 0 Å². The largest absolute Gasteiger partial charge is 0.457 e. The molecule has 0 atom stereocenters. The molecule has 230 valence electrons. The molecule has 5 rings (SSSR count). The number of carbonyl (C=O) groups is 3. The van der Waals surface area contributed by atoms with Crippen LogP contribution in [0.3, 0.4) is 0 Å². The van der Waals surface area contributed by atoms with Crippen LogP contribution < -0.4 is 20.7 Å². The molecule has 0 saturated carbocycles. The highest BCUT2D eigenvalue weighted by molar-refractivity contribution is 8.00. The number of para-hydroxylation sites is 1. The molecule has 3 amide bonds. The first-order valence-corrected chi connectivity index (χ1v) is 15.8. The molecular weight excluding hydrogens is 641 g/mol. The van der Waals surface area contributed by atoms with Crippen molar-refractivity contribution in [3.8, 4) is 11.5 Å². The highest BCUT2D eigenvalue weighted by Gasteiger charge is 2.17. The molecule has 0 spiro atoms. The van der Waals surface area contributed by atoms with Crippen LogP contribution >= 0.6 is 35.0 Å². The minimum absolute atomic E-state index is 0.0542. The van der Waals surface area contributed by atoms with Crippen LogP contribution in [0.1, 0.15) is 15.9 Å². The van der Waals surface area contributed by atoms with Crippen LogP contribution in [0, 0.1) is 0 Å². The third-order valence-electron chi connectivity index (χ3n) is 6.40. The molecular formula is C36H27Cl2N3O4S. The zero-order valence-corrected chi connectivity index (χ0v) is 26.5. The number of anilines is 2. The highest BCUT2D eigenvalue weighted by Crippen LogP contribution is 2.28. The van der Waals surface area contributed by atoms with Crippen molar-refractivity contribution >= 4 is 70.1 Å². The molecule has 7 nitrogen and oxygen atoms in total. The Bertz CT molecular complexity index is 1850. The normalized spacial score (nSPS) is 11.0. The molecule has 0 saturated heterocycles. The minimum Gasteiger partial charge on any atom is -0.457 e. The van der Waals surface area contributed by atoms with E-state index < -0.39 is 11.8 Å². The zero-order chi connectivity index (χ0) is 32.3. The van der Waals surface area contributed by atoms with Gasteiger partial charge in [-0.3, -0.25) is 14.4 Å². The van der Waals surface area contributed by atoms with E-state index in [4.69, 9.17) is 27.9 Å². The van der Waals surface area contributed by atoms with Crippen LogP contribution in [0.15, 0.2) is 138 Å². The Morgan fingerprint density at radius 2 is 1.30 bits per heavy atom. The molecule has 5 aromatic carbocycles. The Hall–Kier alpha value is -5.02. The monoisotopic (exact) mass is 667 g/mol. The Labute approximate surface area is 280 Å². The summed E-state index contributed by atoms with van der Waals surface area (Å²) in [4.78, 5) is 39.8. The van der Waals surface area contributed by atoms with Crippen LogP contribution in [0.4, 0.5) is 11.4 Å². The van der Waals surface area contributed by atoms with Gasteiger partial charge < -0.3 is 20.7 Å². The minimum atomic E-state index is -0.583. The van der Waals surface area contributed by atoms with Gasteiger partial charge in [-0.2, -0.15) is 0 Å². The summed E-state index contributed by atoms with van der Waals surface area (Å²) in [5, 5.41) is 9.00. The average molecular weight is 669 g/mol. The predicted molar refractivity (Wildman–Crippen MR) is 186 cm³/mol. The number of thioether (sulfide) groups is 1. The second-order valence-corrected chi connectivity index (χ2v) is 11.6. The number of benzene rings is 5. The van der Waals surface area contributed by atoms with Gasteiger partial charge in [0.15, 0.2) is 0 Å². The zero-order valence-electron chi connectivity index (χ0n) is 24.2. The number of hydrogen-bond acceptors (Lipinski definition) is 5. The predicted octanol–water partition coefficient (Wildman–Crippen LogP) is 8.93. The lowest BCUT2D eigenvalue weighted by Crippen LogP contribution is -2.30. The summed E-state index contributed by atoms with van der Waals surface area (Å²) >= 11 is 14.0. The fraction of sp³-hybridized carbons (Fsp3) is 0.0278. The van der Waals surface area contributed by atoms with E-state index in [1.807, 2.05) is 36.4 Å². The lowest BCUT2D eigenvalue weighted by molar-refractivity contribution is -0.114. The van der Waals surface area contributed by atoms with Gasteiger partial charge in [0.1, 0.15) is 17.2 Å². The van der Waals surface area contributed by atoms with Gasteiger partial charge in [0, 0.05) is 37.4 Å². The molecule has 10 heteroatoms. The first-order chi connectivity index (χ1) is 22.3. The number of amides is 3. The Morgan fingerprint density at radius 3 is 2.00 bits per heavy atom. The van der Waals surface area contributed by atoms with E-state index in [-0.39, 0.29) is 17.4 Å². The molecule has 0 aliphatic heterocycles. The van der Waals surface area contributed by atoms with Crippen molar-refractivity contribution in [3.05, 3.63) is 154 Å². The third-order valence-corrected chi connectivity index (χ3v) is 8.05. The number of rotatable bonds is 11. The number of carbonyl (C=O) groups excluding carboxylic acids is 3. The second-order valence-electron chi connectivity index (χ2n) is 9.77. The third kappa shape index (κ3) is 9.25. The lowest BCUT2D eigenvalue weighted by atomic mass is 10.1. The van der Waals surface area contributed by atoms with Gasteiger partial charge in [0.05, 0.1) is 5.75 Å². The number of ether oxygens (including phenoxy) is 1. The lowest BCUT2D eigenvalue weighted by Gasteiger charge is -2.13. The first kappa shape index (κ1) is 32.4. The van der Waals surface area contributed by atoms with Crippen molar-refractivity contribution in [1.29, 1.82) is 0 Å². The maximum Gasteiger partial charge on any atom is 0.272 e. The molecule has 0 fully saturated rings. The van der Waals surface area contributed by atoms with Crippen LogP contribution in [-0.2, 0) is 9.59 Å². The van der Waals surface area contributed by atoms with Crippen molar-refractivity contribution in [1.82, 2.24) is 5.32 Å². The van der Waals surface area contributed by atoms with Gasteiger partial charge in [-0.25, -0.2) is 0 Å². The Morgan fingerprint density at radius 1 is 0.674 bits per heavy atom. The number of hydrogen-bond donors (Lipinski definition) is 3. The molecule has 0 aliphatic rings. The number of nitrogens with one attached hydrogen (secondary N) is 3. The topological polar surface area (TPSA) is 96.5 Å². The summed E-state index contributed by atoms with van der Waals surface area (Å²) in [7, 11) is 0. The van der Waals surface area contributed by atoms with E-state index in [0.717, 1.165) is 10.6 Å². The first-order valence-electron chi connectivity index (χ1n) is 14.0. The summed E-state index contributed by atoms with van der Waals surface area (Å²) in [6.45, 7) is 0. The smallest absolute Gasteiger partial charge is 0.272 e. The van der Waals surface area contributed by atoms with E-state index in [2.05, 4.69) is 16.0 Å². The fourth-order valence-electron chi connectivity index (χ4n) is 4.17. The maximum atomic E-state index is 13.5. The van der Waals surface area contributed by atoms with Crippen molar-refractivity contribution in [2.45, 2.75) is 4.90 Å². The molecule has 0 aliphatic carbocycles. The summed E-state index contributed by atoms with van der Waals surface area (Å²) in [6, 6.07) is 37.1. The van der Waals surface area contributed by atoms with Crippen molar-refractivity contribution in [3.63, 3.8) is 0 Å². The molecule has 46 heavy (non-hydrogen) atoms. The SMILES string of the molecule is O=C(CSc1cccc(NC(=O)/C(=C\c2c(Cl)cccc2Cl)NC(=O)c2ccccc2)c1)Nc1ccc(Oc2ccccc2)cc1. The molecule has 0 unspecified atom stereocenters. The summed E-state index contributed by atoms with van der Waals surface area (Å²) in [5.41, 5.74) is 1.82. The molecule has 3 N–H and O–H groups in total. The molecule has 0 aromatic heterocycles. The van der Waals surface area contributed by atoms with Gasteiger partial charge in [0.2, 0.25) is 5.91 Å². The van der Waals surface area contributed by atoms with Gasteiger partial charge in [0.25, 0.3) is 11.8 Å². The van der Waals surface area contributed by atoms with Crippen LogP contribution in [-0.4, -0.2) is 23.5 Å². The highest BCUT2D eigenvalue weighted by atomic mass is 35.5. The van der Waals surface area contributed by atoms with Crippen molar-refractivity contribution in [2.24, 2.45) is 0 Å². The molecule has 0 heterocycles. The van der Waals surface area contributed by atoms with Gasteiger partial charge in [-0.1, -0.05) is 71.7 Å². The maximum absolute atomic E-state index is 13.5. The fourth-order valence-corrected chi connectivity index (χ4v) is 5.44. The molecule has 5 aromatic rings. The number of halogens is 2. The van der Waals surface area contributed by atoms with Crippen LogP contribution in [0.25, 0.3) is 6.08 Å². The second kappa shape index (κ2) is 15.8. The summed E-state index contributed by atoms with van der Waals surface area (Å²) in [6.07, 6.45) is 1.43. The van der Waals surface area contributed by atoms with E-state index in [0.29, 0.717) is 38.3 Å². The molecule has 0 radical (unpaired) electrons. The van der Waals surface area contributed by atoms with E-state index in [9.17, 15) is 14.4 Å². The van der Waals surface area contributed by atoms with Crippen LogP contribution in [0.2, 0.25) is 10.0 Å².